The van der Waals surface area contributed by atoms with Gasteiger partial charge in [0.05, 0.1) is 6.10 Å². The highest BCUT2D eigenvalue weighted by Crippen LogP contribution is 2.42. The molecular weight excluding hydrogens is 300 g/mol. The summed E-state index contributed by atoms with van der Waals surface area (Å²) in [5.41, 5.74) is 1.12. The highest BCUT2D eigenvalue weighted by Gasteiger charge is 2.35. The van der Waals surface area contributed by atoms with E-state index in [2.05, 4.69) is 22.9 Å². The van der Waals surface area contributed by atoms with Gasteiger partial charge in [0.2, 0.25) is 0 Å². The molecule has 1 atom stereocenters. The van der Waals surface area contributed by atoms with Crippen LogP contribution in [0.4, 0.5) is 0 Å². The van der Waals surface area contributed by atoms with E-state index >= 15 is 0 Å². The van der Waals surface area contributed by atoms with Crippen LogP contribution in [0.25, 0.3) is 0 Å². The number of rotatable bonds is 3. The van der Waals surface area contributed by atoms with Gasteiger partial charge in [0.25, 0.3) is 0 Å². The van der Waals surface area contributed by atoms with Gasteiger partial charge in [-0.05, 0) is 36.0 Å². The van der Waals surface area contributed by atoms with E-state index in [0.717, 1.165) is 27.9 Å². The van der Waals surface area contributed by atoms with Crippen molar-refractivity contribution in [2.75, 3.05) is 0 Å². The number of hydrogen-bond acceptors (Lipinski definition) is 1. The van der Waals surface area contributed by atoms with E-state index in [1.807, 2.05) is 18.2 Å². The highest BCUT2D eigenvalue weighted by atomic mass is 79.9. The molecule has 0 aliphatic heterocycles. The van der Waals surface area contributed by atoms with Crippen LogP contribution in [0.1, 0.15) is 38.2 Å². The largest absolute Gasteiger partial charge is 0.392 e. The molecule has 1 saturated carbocycles. The molecule has 0 radical (unpaired) electrons. The van der Waals surface area contributed by atoms with Gasteiger partial charge >= 0.3 is 0 Å². The van der Waals surface area contributed by atoms with Crippen LogP contribution in [0.5, 0.6) is 0 Å². The SMILES string of the molecule is CC1(C(O)Cc2ccc(Br)cc2Cl)CCCC1. The fourth-order valence-electron chi connectivity index (χ4n) is 2.66. The fraction of sp³-hybridized carbons (Fsp3) is 0.571. The minimum absolute atomic E-state index is 0.0798. The zero-order valence-electron chi connectivity index (χ0n) is 10.0. The lowest BCUT2D eigenvalue weighted by atomic mass is 9.80. The van der Waals surface area contributed by atoms with Crippen molar-refractivity contribution in [1.82, 2.24) is 0 Å². The Kier molecular flexibility index (Phi) is 4.17. The summed E-state index contributed by atoms with van der Waals surface area (Å²) in [5, 5.41) is 11.1. The van der Waals surface area contributed by atoms with E-state index in [-0.39, 0.29) is 11.5 Å². The van der Waals surface area contributed by atoms with Gasteiger partial charge < -0.3 is 5.11 Å². The van der Waals surface area contributed by atoms with Crippen LogP contribution < -0.4 is 0 Å². The third kappa shape index (κ3) is 3.04. The summed E-state index contributed by atoms with van der Waals surface area (Å²) in [6, 6.07) is 5.86. The first-order chi connectivity index (χ1) is 8.01. The number of benzene rings is 1. The van der Waals surface area contributed by atoms with Gasteiger partial charge in [0.1, 0.15) is 0 Å². The molecule has 0 spiro atoms. The molecule has 1 aromatic rings. The summed E-state index contributed by atoms with van der Waals surface area (Å²) < 4.78 is 0.979. The summed E-state index contributed by atoms with van der Waals surface area (Å²) in [7, 11) is 0. The van der Waals surface area contributed by atoms with Gasteiger partial charge in [-0.3, -0.25) is 0 Å². The summed E-state index contributed by atoms with van der Waals surface area (Å²) in [6.07, 6.45) is 5.10. The van der Waals surface area contributed by atoms with Crippen LogP contribution in [-0.4, -0.2) is 11.2 Å². The lowest BCUT2D eigenvalue weighted by molar-refractivity contribution is 0.0424. The maximum absolute atomic E-state index is 10.4. The number of halogens is 2. The Bertz CT molecular complexity index is 399. The summed E-state index contributed by atoms with van der Waals surface area (Å²) in [4.78, 5) is 0. The Morgan fingerprint density at radius 1 is 1.41 bits per heavy atom. The number of aliphatic hydroxyl groups excluding tert-OH is 1. The van der Waals surface area contributed by atoms with Crippen LogP contribution in [-0.2, 0) is 6.42 Å². The van der Waals surface area contributed by atoms with Crippen molar-refractivity contribution in [3.05, 3.63) is 33.3 Å². The highest BCUT2D eigenvalue weighted by molar-refractivity contribution is 9.10. The van der Waals surface area contributed by atoms with Crippen molar-refractivity contribution in [2.45, 2.75) is 45.1 Å². The molecule has 1 unspecified atom stereocenters. The average Bonchev–Trinajstić information content (AvgIpc) is 2.71. The Morgan fingerprint density at radius 3 is 2.65 bits per heavy atom. The van der Waals surface area contributed by atoms with Crippen molar-refractivity contribution < 1.29 is 5.11 Å². The average molecular weight is 318 g/mol. The molecule has 1 N–H and O–H groups in total. The predicted octanol–water partition coefficient (Wildman–Crippen LogP) is 4.59. The quantitative estimate of drug-likeness (QED) is 0.864. The lowest BCUT2D eigenvalue weighted by Gasteiger charge is -2.30. The van der Waals surface area contributed by atoms with Crippen LogP contribution in [0, 0.1) is 5.41 Å². The fourth-order valence-corrected chi connectivity index (χ4v) is 3.41. The number of hydrogen-bond donors (Lipinski definition) is 1. The second-order valence-electron chi connectivity index (χ2n) is 5.32. The minimum atomic E-state index is -0.288. The minimum Gasteiger partial charge on any atom is -0.392 e. The molecule has 1 nitrogen and oxygen atoms in total. The summed E-state index contributed by atoms with van der Waals surface area (Å²) in [6.45, 7) is 2.19. The zero-order valence-corrected chi connectivity index (χ0v) is 12.4. The van der Waals surface area contributed by atoms with Gasteiger partial charge in [-0.1, -0.05) is 53.4 Å². The second kappa shape index (κ2) is 5.29. The van der Waals surface area contributed by atoms with E-state index in [1.165, 1.54) is 12.8 Å². The molecule has 1 aromatic carbocycles. The van der Waals surface area contributed by atoms with Crippen LogP contribution >= 0.6 is 27.5 Å². The van der Waals surface area contributed by atoms with Crippen molar-refractivity contribution in [2.24, 2.45) is 5.41 Å². The maximum atomic E-state index is 10.4. The lowest BCUT2D eigenvalue weighted by Crippen LogP contribution is -2.31. The third-order valence-corrected chi connectivity index (χ3v) is 4.82. The van der Waals surface area contributed by atoms with E-state index in [9.17, 15) is 5.11 Å². The molecule has 2 rings (SSSR count). The van der Waals surface area contributed by atoms with E-state index in [0.29, 0.717) is 6.42 Å². The molecule has 0 bridgehead atoms. The van der Waals surface area contributed by atoms with Crippen LogP contribution in [0.3, 0.4) is 0 Å². The third-order valence-electron chi connectivity index (χ3n) is 3.98. The Labute approximate surface area is 116 Å². The molecule has 94 valence electrons. The molecular formula is C14H18BrClO. The van der Waals surface area contributed by atoms with Crippen molar-refractivity contribution >= 4 is 27.5 Å². The standard InChI is InChI=1S/C14H18BrClO/c1-14(6-2-3-7-14)13(17)8-10-4-5-11(15)9-12(10)16/h4-5,9,13,17H,2-3,6-8H2,1H3. The maximum Gasteiger partial charge on any atom is 0.0634 e. The molecule has 17 heavy (non-hydrogen) atoms. The van der Waals surface area contributed by atoms with Gasteiger partial charge in [-0.2, -0.15) is 0 Å². The Balaban J connectivity index is 2.10. The molecule has 1 aliphatic rings. The molecule has 0 amide bonds. The van der Waals surface area contributed by atoms with Crippen LogP contribution in [0.2, 0.25) is 5.02 Å². The van der Waals surface area contributed by atoms with Crippen molar-refractivity contribution in [3.8, 4) is 0 Å². The van der Waals surface area contributed by atoms with Gasteiger partial charge in [-0.15, -0.1) is 0 Å². The van der Waals surface area contributed by atoms with Gasteiger partial charge in [-0.25, -0.2) is 0 Å². The van der Waals surface area contributed by atoms with Gasteiger partial charge in [0, 0.05) is 15.9 Å². The number of aliphatic hydroxyl groups is 1. The molecule has 3 heteroatoms. The van der Waals surface area contributed by atoms with Crippen LogP contribution in [0.15, 0.2) is 22.7 Å². The van der Waals surface area contributed by atoms with Crippen molar-refractivity contribution in [1.29, 1.82) is 0 Å². The molecule has 1 aliphatic carbocycles. The van der Waals surface area contributed by atoms with Gasteiger partial charge in [0.15, 0.2) is 0 Å². The molecule has 0 heterocycles. The first-order valence-corrected chi connectivity index (χ1v) is 7.30. The second-order valence-corrected chi connectivity index (χ2v) is 6.64. The molecule has 1 fully saturated rings. The molecule has 0 saturated heterocycles. The smallest absolute Gasteiger partial charge is 0.0634 e. The molecule has 0 aromatic heterocycles. The normalized spacial score (nSPS) is 20.5. The first kappa shape index (κ1) is 13.4. The first-order valence-electron chi connectivity index (χ1n) is 6.13. The monoisotopic (exact) mass is 316 g/mol. The van der Waals surface area contributed by atoms with Crippen molar-refractivity contribution in [3.63, 3.8) is 0 Å². The van der Waals surface area contributed by atoms with E-state index in [4.69, 9.17) is 11.6 Å². The van der Waals surface area contributed by atoms with E-state index in [1.54, 1.807) is 0 Å². The topological polar surface area (TPSA) is 20.2 Å². The zero-order chi connectivity index (χ0) is 12.5. The Morgan fingerprint density at radius 2 is 2.06 bits per heavy atom. The van der Waals surface area contributed by atoms with E-state index < -0.39 is 0 Å². The summed E-state index contributed by atoms with van der Waals surface area (Å²) in [5.74, 6) is 0. The summed E-state index contributed by atoms with van der Waals surface area (Å²) >= 11 is 9.58. The Hall–Kier alpha value is -0.0500. The predicted molar refractivity (Wildman–Crippen MR) is 75.4 cm³/mol.